The van der Waals surface area contributed by atoms with Gasteiger partial charge in [-0.25, -0.2) is 0 Å². The van der Waals surface area contributed by atoms with E-state index >= 15 is 0 Å². The van der Waals surface area contributed by atoms with Crippen LogP contribution in [-0.2, 0) is 17.8 Å². The topological polar surface area (TPSA) is 63.3 Å². The lowest BCUT2D eigenvalue weighted by Crippen LogP contribution is -2.41. The molecule has 1 heterocycles. The molecule has 1 amide bonds. The summed E-state index contributed by atoms with van der Waals surface area (Å²) >= 11 is 3.59. The van der Waals surface area contributed by atoms with Crippen LogP contribution in [0.5, 0.6) is 11.5 Å². The van der Waals surface area contributed by atoms with Gasteiger partial charge in [-0.3, -0.25) is 4.79 Å². The van der Waals surface area contributed by atoms with Gasteiger partial charge in [-0.1, -0.05) is 40.2 Å². The zero-order valence-corrected chi connectivity index (χ0v) is 17.2. The molecule has 3 aromatic rings. The predicted molar refractivity (Wildman–Crippen MR) is 111 cm³/mol. The fraction of sp³-hybridized carbons (Fsp3) is 0.286. The standard InChI is InChI=1S/C21H23BrN2O3/c1-21(22,12-15-7-8-17(26-2)11-18(15)27-3)20(25)24-13-16-6-4-5-14-9-10-23-19(14)16/h4-11,23H,12-13H2,1-3H3,(H,24,25). The van der Waals surface area contributed by atoms with E-state index in [1.807, 2.05) is 55.6 Å². The Kier molecular flexibility index (Phi) is 5.75. The lowest BCUT2D eigenvalue weighted by atomic mass is 9.99. The van der Waals surface area contributed by atoms with Crippen molar-refractivity contribution in [2.45, 2.75) is 24.2 Å². The van der Waals surface area contributed by atoms with E-state index in [1.54, 1.807) is 14.2 Å². The van der Waals surface area contributed by atoms with Crippen molar-refractivity contribution in [1.29, 1.82) is 0 Å². The van der Waals surface area contributed by atoms with Crippen molar-refractivity contribution in [2.75, 3.05) is 14.2 Å². The van der Waals surface area contributed by atoms with Gasteiger partial charge in [-0.15, -0.1) is 0 Å². The average molecular weight is 431 g/mol. The maximum Gasteiger partial charge on any atom is 0.237 e. The molecule has 5 nitrogen and oxygen atoms in total. The lowest BCUT2D eigenvalue weighted by Gasteiger charge is -2.23. The Morgan fingerprint density at radius 3 is 2.70 bits per heavy atom. The van der Waals surface area contributed by atoms with Crippen molar-refractivity contribution < 1.29 is 14.3 Å². The van der Waals surface area contributed by atoms with E-state index in [2.05, 4.69) is 26.2 Å². The van der Waals surface area contributed by atoms with Crippen molar-refractivity contribution >= 4 is 32.7 Å². The number of halogens is 1. The van der Waals surface area contributed by atoms with Crippen LogP contribution >= 0.6 is 15.9 Å². The minimum absolute atomic E-state index is 0.0797. The van der Waals surface area contributed by atoms with Gasteiger partial charge in [0.1, 0.15) is 15.8 Å². The minimum atomic E-state index is -0.765. The summed E-state index contributed by atoms with van der Waals surface area (Å²) in [4.78, 5) is 16.0. The third-order valence-electron chi connectivity index (χ3n) is 4.60. The van der Waals surface area contributed by atoms with Crippen molar-refractivity contribution in [3.63, 3.8) is 0 Å². The molecule has 0 spiro atoms. The van der Waals surface area contributed by atoms with Gasteiger partial charge in [0.25, 0.3) is 0 Å². The highest BCUT2D eigenvalue weighted by atomic mass is 79.9. The molecule has 0 aliphatic carbocycles. The van der Waals surface area contributed by atoms with Crippen LogP contribution in [0.15, 0.2) is 48.7 Å². The maximum atomic E-state index is 12.8. The smallest absolute Gasteiger partial charge is 0.237 e. The van der Waals surface area contributed by atoms with Gasteiger partial charge in [-0.05, 0) is 42.0 Å². The molecule has 0 fully saturated rings. The number of hydrogen-bond acceptors (Lipinski definition) is 3. The molecule has 1 aromatic heterocycles. The van der Waals surface area contributed by atoms with Gasteiger partial charge >= 0.3 is 0 Å². The van der Waals surface area contributed by atoms with Crippen molar-refractivity contribution in [3.05, 3.63) is 59.8 Å². The number of amides is 1. The van der Waals surface area contributed by atoms with E-state index in [1.165, 1.54) is 0 Å². The summed E-state index contributed by atoms with van der Waals surface area (Å²) in [5.74, 6) is 1.34. The van der Waals surface area contributed by atoms with Gasteiger partial charge in [-0.2, -0.15) is 0 Å². The Balaban J connectivity index is 1.71. The first-order chi connectivity index (χ1) is 12.9. The highest BCUT2D eigenvalue weighted by Crippen LogP contribution is 2.31. The quantitative estimate of drug-likeness (QED) is 0.552. The number of methoxy groups -OCH3 is 2. The number of carbonyl (C=O) groups excluding carboxylic acids is 1. The summed E-state index contributed by atoms with van der Waals surface area (Å²) in [5, 5.41) is 4.16. The van der Waals surface area contributed by atoms with E-state index in [4.69, 9.17) is 9.47 Å². The fourth-order valence-electron chi connectivity index (χ4n) is 3.09. The summed E-state index contributed by atoms with van der Waals surface area (Å²) in [6, 6.07) is 13.7. The molecule has 1 unspecified atom stereocenters. The van der Waals surface area contributed by atoms with Gasteiger partial charge < -0.3 is 19.8 Å². The van der Waals surface area contributed by atoms with Crippen LogP contribution in [0.4, 0.5) is 0 Å². The maximum absolute atomic E-state index is 12.8. The molecule has 6 heteroatoms. The number of ether oxygens (including phenoxy) is 2. The number of para-hydroxylation sites is 1. The Morgan fingerprint density at radius 1 is 1.15 bits per heavy atom. The summed E-state index contributed by atoms with van der Waals surface area (Å²) in [6.07, 6.45) is 2.39. The van der Waals surface area contributed by atoms with Gasteiger partial charge in [0.05, 0.1) is 19.7 Å². The normalized spacial score (nSPS) is 13.2. The molecule has 2 N–H and O–H groups in total. The highest BCUT2D eigenvalue weighted by Gasteiger charge is 2.31. The van der Waals surface area contributed by atoms with Crippen molar-refractivity contribution in [1.82, 2.24) is 10.3 Å². The average Bonchev–Trinajstić information content (AvgIpc) is 3.15. The number of rotatable bonds is 7. The monoisotopic (exact) mass is 430 g/mol. The molecule has 0 aliphatic rings. The summed E-state index contributed by atoms with van der Waals surface area (Å²) in [5.41, 5.74) is 3.03. The minimum Gasteiger partial charge on any atom is -0.497 e. The van der Waals surface area contributed by atoms with E-state index < -0.39 is 4.32 Å². The number of alkyl halides is 1. The number of hydrogen-bond donors (Lipinski definition) is 2. The molecule has 0 saturated carbocycles. The Labute approximate surface area is 167 Å². The number of aromatic amines is 1. The number of benzene rings is 2. The Morgan fingerprint density at radius 2 is 1.96 bits per heavy atom. The SMILES string of the molecule is COc1ccc(CC(C)(Br)C(=O)NCc2cccc3cc[nH]c23)c(OC)c1. The van der Waals surface area contributed by atoms with Crippen molar-refractivity contribution in [3.8, 4) is 11.5 Å². The second-order valence-electron chi connectivity index (χ2n) is 6.59. The van der Waals surface area contributed by atoms with Crippen LogP contribution in [0.3, 0.4) is 0 Å². The second-order valence-corrected chi connectivity index (χ2v) is 8.34. The molecule has 27 heavy (non-hydrogen) atoms. The van der Waals surface area contributed by atoms with E-state index in [0.717, 1.165) is 27.8 Å². The van der Waals surface area contributed by atoms with Crippen LogP contribution in [0.1, 0.15) is 18.1 Å². The summed E-state index contributed by atoms with van der Waals surface area (Å²) in [6.45, 7) is 2.32. The number of H-pyrrole nitrogens is 1. The second kappa shape index (κ2) is 8.05. The van der Waals surface area contributed by atoms with Gasteiger partial charge in [0.15, 0.2) is 0 Å². The fourth-order valence-corrected chi connectivity index (χ4v) is 3.53. The molecule has 0 bridgehead atoms. The molecule has 1 atom stereocenters. The zero-order chi connectivity index (χ0) is 19.4. The van der Waals surface area contributed by atoms with E-state index in [0.29, 0.717) is 18.7 Å². The van der Waals surface area contributed by atoms with Crippen LogP contribution in [0.25, 0.3) is 10.9 Å². The van der Waals surface area contributed by atoms with Gasteiger partial charge in [0.2, 0.25) is 5.91 Å². The highest BCUT2D eigenvalue weighted by molar-refractivity contribution is 9.10. The molecule has 0 saturated heterocycles. The molecular weight excluding hydrogens is 408 g/mol. The first kappa shape index (κ1) is 19.3. The third kappa shape index (κ3) is 4.27. The summed E-state index contributed by atoms with van der Waals surface area (Å²) in [7, 11) is 3.22. The molecule has 3 rings (SSSR count). The van der Waals surface area contributed by atoms with Crippen LogP contribution < -0.4 is 14.8 Å². The van der Waals surface area contributed by atoms with E-state index in [9.17, 15) is 4.79 Å². The van der Waals surface area contributed by atoms with E-state index in [-0.39, 0.29) is 5.91 Å². The Bertz CT molecular complexity index is 950. The summed E-state index contributed by atoms with van der Waals surface area (Å²) < 4.78 is 9.91. The van der Waals surface area contributed by atoms with Crippen LogP contribution in [-0.4, -0.2) is 29.4 Å². The van der Waals surface area contributed by atoms with Crippen LogP contribution in [0.2, 0.25) is 0 Å². The molecule has 2 aromatic carbocycles. The van der Waals surface area contributed by atoms with Crippen LogP contribution in [0, 0.1) is 0 Å². The molecule has 0 radical (unpaired) electrons. The zero-order valence-electron chi connectivity index (χ0n) is 15.6. The first-order valence-corrected chi connectivity index (χ1v) is 9.47. The predicted octanol–water partition coefficient (Wildman–Crippen LogP) is 4.20. The van der Waals surface area contributed by atoms with Crippen molar-refractivity contribution in [2.24, 2.45) is 0 Å². The first-order valence-electron chi connectivity index (χ1n) is 8.67. The number of nitrogens with one attached hydrogen (secondary N) is 2. The largest absolute Gasteiger partial charge is 0.497 e. The number of carbonyl (C=O) groups is 1. The Hall–Kier alpha value is -2.47. The number of fused-ring (bicyclic) bond motifs is 1. The van der Waals surface area contributed by atoms with Gasteiger partial charge in [0, 0.05) is 18.8 Å². The number of aromatic nitrogens is 1. The lowest BCUT2D eigenvalue weighted by molar-refractivity contribution is -0.123. The molecular formula is C21H23BrN2O3. The third-order valence-corrected chi connectivity index (χ3v) is 5.24. The molecule has 142 valence electrons. The molecule has 0 aliphatic heterocycles.